The molecule has 58 heavy (non-hydrogen) atoms. The Morgan fingerprint density at radius 1 is 0.931 bits per heavy atom. The van der Waals surface area contributed by atoms with Gasteiger partial charge in [0, 0.05) is 48.4 Å². The van der Waals surface area contributed by atoms with E-state index >= 15 is 0 Å². The maximum atomic E-state index is 14.0. The number of hydrazone groups is 1. The van der Waals surface area contributed by atoms with E-state index < -0.39 is 89.4 Å². The normalized spacial score (nSPS) is 24.3. The Labute approximate surface area is 341 Å². The van der Waals surface area contributed by atoms with Crippen LogP contribution in [0.3, 0.4) is 0 Å². The first kappa shape index (κ1) is 45.2. The lowest BCUT2D eigenvalue weighted by atomic mass is 9.71. The third kappa shape index (κ3) is 10.3. The number of nitrogens with two attached hydrogens (primary N) is 1. The number of ether oxygens (including phenoxy) is 3. The van der Waals surface area contributed by atoms with Crippen LogP contribution in [0.5, 0.6) is 17.2 Å². The van der Waals surface area contributed by atoms with E-state index in [9.17, 15) is 39.9 Å². The van der Waals surface area contributed by atoms with Crippen molar-refractivity contribution in [3.63, 3.8) is 0 Å². The van der Waals surface area contributed by atoms with Crippen molar-refractivity contribution in [1.29, 1.82) is 0 Å². The highest BCUT2D eigenvalue weighted by Crippen LogP contribution is 2.52. The van der Waals surface area contributed by atoms with E-state index in [4.69, 9.17) is 19.9 Å². The quantitative estimate of drug-likeness (QED) is 0.0294. The zero-order valence-corrected chi connectivity index (χ0v) is 34.3. The molecular formula is C44H63N3O11. The Morgan fingerprint density at radius 3 is 2.12 bits per heavy atom. The lowest BCUT2D eigenvalue weighted by Gasteiger charge is -2.43. The van der Waals surface area contributed by atoms with Crippen LogP contribution in [0.1, 0.15) is 172 Å². The number of hydrogen-bond donors (Lipinski definition) is 7. The molecule has 0 radical (unpaired) electrons. The van der Waals surface area contributed by atoms with E-state index in [0.717, 1.165) is 19.3 Å². The number of carbonyl (C=O) groups is 3. The lowest BCUT2D eigenvalue weighted by Crippen LogP contribution is -2.53. The highest BCUT2D eigenvalue weighted by molar-refractivity contribution is 6.31. The van der Waals surface area contributed by atoms with Crippen LogP contribution in [0.25, 0.3) is 0 Å². The molecule has 5 rings (SSSR count). The number of ketones is 2. The summed E-state index contributed by atoms with van der Waals surface area (Å²) in [4.78, 5) is 40.8. The molecule has 1 aliphatic heterocycles. The van der Waals surface area contributed by atoms with Gasteiger partial charge in [-0.05, 0) is 19.4 Å². The highest BCUT2D eigenvalue weighted by atomic mass is 16.7. The number of phenolic OH excluding ortho intramolecular Hbond substituents is 2. The highest BCUT2D eigenvalue weighted by Gasteiger charge is 2.49. The maximum Gasteiger partial charge on any atom is 0.240 e. The molecule has 320 valence electrons. The Bertz CT molecular complexity index is 1790. The average Bonchev–Trinajstić information content (AvgIpc) is 3.20. The van der Waals surface area contributed by atoms with E-state index in [-0.39, 0.29) is 53.0 Å². The number of amides is 1. The first-order valence-corrected chi connectivity index (χ1v) is 21.2. The molecule has 3 aliphatic rings. The van der Waals surface area contributed by atoms with Gasteiger partial charge in [0.25, 0.3) is 0 Å². The Kier molecular flexibility index (Phi) is 16.2. The number of nitrogens with zero attached hydrogens (tertiary/aromatic N) is 1. The summed E-state index contributed by atoms with van der Waals surface area (Å²) in [6.07, 6.45) is 11.8. The third-order valence-corrected chi connectivity index (χ3v) is 11.9. The van der Waals surface area contributed by atoms with Crippen molar-refractivity contribution in [3.05, 3.63) is 51.6 Å². The largest absolute Gasteiger partial charge is 0.507 e. The monoisotopic (exact) mass is 809 g/mol. The summed E-state index contributed by atoms with van der Waals surface area (Å²) in [6, 6.07) is 3.70. The minimum atomic E-state index is -2.09. The standard InChI is InChI=1S/C44H63N3O11/c1-4-5-6-7-8-9-10-11-12-13-14-15-16-17-21-33(49)47-46-32(25-48)44(55)23-28-36(31(24-44)58-34-22-29(45)39(50)26(2)57-34)43(54)38-37(41(28)52)40(51)27-19-18-20-30(56-3)35(27)42(38)53/h18-20,26,29,31,34,39,48,50,52,54-55H,4-17,21-25,45H2,1-3H3,(H,47,49)/b46-32+/t26-,29-,31-,34-,39+,44-/m0/s1. The van der Waals surface area contributed by atoms with Gasteiger partial charge in [0.2, 0.25) is 11.7 Å². The molecule has 0 aromatic heterocycles. The molecular weight excluding hydrogens is 746 g/mol. The Hall–Kier alpha value is -3.92. The zero-order chi connectivity index (χ0) is 42.0. The smallest absolute Gasteiger partial charge is 0.240 e. The van der Waals surface area contributed by atoms with E-state index in [1.807, 2.05) is 0 Å². The average molecular weight is 810 g/mol. The molecule has 14 nitrogen and oxygen atoms in total. The van der Waals surface area contributed by atoms with Crippen molar-refractivity contribution < 1.29 is 54.1 Å². The van der Waals surface area contributed by atoms with Crippen molar-refractivity contribution in [3.8, 4) is 17.2 Å². The lowest BCUT2D eigenvalue weighted by molar-refractivity contribution is -0.245. The summed E-state index contributed by atoms with van der Waals surface area (Å²) in [5.74, 6) is -3.10. The fraction of sp³-hybridized carbons (Fsp3) is 0.636. The predicted molar refractivity (Wildman–Crippen MR) is 217 cm³/mol. The first-order chi connectivity index (χ1) is 27.9. The number of fused-ring (bicyclic) bond motifs is 3. The number of carbonyl (C=O) groups excluding carboxylic acids is 3. The number of aliphatic hydroxyl groups excluding tert-OH is 2. The van der Waals surface area contributed by atoms with E-state index in [1.165, 1.54) is 89.5 Å². The second kappa shape index (κ2) is 20.9. The topological polar surface area (TPSA) is 230 Å². The predicted octanol–water partition coefficient (Wildman–Crippen LogP) is 5.78. The van der Waals surface area contributed by atoms with Gasteiger partial charge in [0.05, 0.1) is 54.4 Å². The number of unbranched alkanes of at least 4 members (excludes halogenated alkanes) is 13. The number of nitrogens with one attached hydrogen (secondary N) is 1. The molecule has 0 bridgehead atoms. The molecule has 8 N–H and O–H groups in total. The molecule has 1 heterocycles. The van der Waals surface area contributed by atoms with Crippen LogP contribution in [0.4, 0.5) is 0 Å². The molecule has 0 saturated carbocycles. The number of aromatic hydroxyl groups is 2. The Morgan fingerprint density at radius 2 is 1.53 bits per heavy atom. The first-order valence-electron chi connectivity index (χ1n) is 21.2. The van der Waals surface area contributed by atoms with Gasteiger partial charge >= 0.3 is 0 Å². The van der Waals surface area contributed by atoms with Crippen LogP contribution in [-0.2, 0) is 20.7 Å². The van der Waals surface area contributed by atoms with Crippen LogP contribution in [0, 0.1) is 0 Å². The van der Waals surface area contributed by atoms with Gasteiger partial charge in [-0.1, -0.05) is 103 Å². The van der Waals surface area contributed by atoms with Gasteiger partial charge in [-0.15, -0.1) is 0 Å². The molecule has 0 unspecified atom stereocenters. The fourth-order valence-electron chi connectivity index (χ4n) is 8.56. The number of benzene rings is 2. The van der Waals surface area contributed by atoms with Crippen LogP contribution < -0.4 is 15.9 Å². The van der Waals surface area contributed by atoms with Crippen molar-refractivity contribution >= 4 is 23.2 Å². The van der Waals surface area contributed by atoms with E-state index in [0.29, 0.717) is 6.42 Å². The summed E-state index contributed by atoms with van der Waals surface area (Å²) in [5.41, 5.74) is 5.06. The zero-order valence-electron chi connectivity index (χ0n) is 34.3. The van der Waals surface area contributed by atoms with E-state index in [2.05, 4.69) is 17.5 Å². The van der Waals surface area contributed by atoms with Gasteiger partial charge in [0.1, 0.15) is 22.8 Å². The minimum Gasteiger partial charge on any atom is -0.507 e. The van der Waals surface area contributed by atoms with Crippen LogP contribution >= 0.6 is 0 Å². The van der Waals surface area contributed by atoms with Crippen molar-refractivity contribution in [2.75, 3.05) is 13.7 Å². The molecule has 1 amide bonds. The van der Waals surface area contributed by atoms with Crippen LogP contribution in [-0.4, -0.2) is 92.6 Å². The molecule has 1 saturated heterocycles. The number of rotatable bonds is 21. The molecule has 0 spiro atoms. The summed E-state index contributed by atoms with van der Waals surface area (Å²) < 4.78 is 17.5. The third-order valence-electron chi connectivity index (χ3n) is 11.9. The summed E-state index contributed by atoms with van der Waals surface area (Å²) in [5, 5.41) is 60.9. The van der Waals surface area contributed by atoms with Gasteiger partial charge in [-0.25, -0.2) is 5.43 Å². The number of hydrogen-bond acceptors (Lipinski definition) is 13. The van der Waals surface area contributed by atoms with Crippen LogP contribution in [0.15, 0.2) is 23.3 Å². The molecule has 6 atom stereocenters. The van der Waals surface area contributed by atoms with Crippen LogP contribution in [0.2, 0.25) is 0 Å². The molecule has 2 aromatic rings. The van der Waals surface area contributed by atoms with Gasteiger partial charge < -0.3 is 45.5 Å². The summed E-state index contributed by atoms with van der Waals surface area (Å²) >= 11 is 0. The van der Waals surface area contributed by atoms with Crippen molar-refractivity contribution in [2.45, 2.75) is 166 Å². The Balaban J connectivity index is 1.29. The summed E-state index contributed by atoms with van der Waals surface area (Å²) in [7, 11) is 1.34. The van der Waals surface area contributed by atoms with Gasteiger partial charge in [-0.2, -0.15) is 5.10 Å². The molecule has 2 aliphatic carbocycles. The van der Waals surface area contributed by atoms with Gasteiger partial charge in [0.15, 0.2) is 12.1 Å². The maximum absolute atomic E-state index is 14.0. The second-order valence-electron chi connectivity index (χ2n) is 16.2. The van der Waals surface area contributed by atoms with Gasteiger partial charge in [-0.3, -0.25) is 14.4 Å². The second-order valence-corrected chi connectivity index (χ2v) is 16.2. The molecule has 1 fully saturated rings. The minimum absolute atomic E-state index is 0.0195. The number of phenols is 2. The fourth-order valence-corrected chi connectivity index (χ4v) is 8.56. The SMILES string of the molecule is CCCCCCCCCCCCCCCCC(=O)N/N=C(\CO)[C@]1(O)Cc2c(O)c3c(c(O)c2[C@@H](O[C@H]2C[C@H](N)[C@H](O)[C@H](C)O2)C1)C(=O)c1c(OC)cccc1C3=O. The number of aliphatic hydroxyl groups is 3. The molecule has 2 aromatic carbocycles. The van der Waals surface area contributed by atoms with Crippen molar-refractivity contribution in [1.82, 2.24) is 5.43 Å². The molecule has 14 heteroatoms. The number of methoxy groups -OCH3 is 1. The summed E-state index contributed by atoms with van der Waals surface area (Å²) in [6.45, 7) is 3.05. The van der Waals surface area contributed by atoms with E-state index in [1.54, 1.807) is 6.92 Å². The van der Waals surface area contributed by atoms with Crippen molar-refractivity contribution in [2.24, 2.45) is 10.8 Å².